The molecule has 0 aliphatic rings. The largest absolute Gasteiger partial charge is 0.495 e. The van der Waals surface area contributed by atoms with Crippen molar-refractivity contribution in [2.24, 2.45) is 0 Å². The predicted molar refractivity (Wildman–Crippen MR) is 88.3 cm³/mol. The molecule has 132 valence electrons. The highest BCUT2D eigenvalue weighted by Crippen LogP contribution is 2.32. The molecule has 0 aliphatic heterocycles. The van der Waals surface area contributed by atoms with Crippen LogP contribution < -0.4 is 9.46 Å². The Bertz CT molecular complexity index is 957. The van der Waals surface area contributed by atoms with Gasteiger partial charge >= 0.3 is 0 Å². The number of nitro groups is 2. The maximum atomic E-state index is 12.6. The Balaban J connectivity index is 2.53. The van der Waals surface area contributed by atoms with E-state index >= 15 is 0 Å². The second kappa shape index (κ2) is 6.73. The molecule has 0 amide bonds. The van der Waals surface area contributed by atoms with Crippen LogP contribution in [0.15, 0.2) is 41.3 Å². The Kier molecular flexibility index (Phi) is 4.88. The van der Waals surface area contributed by atoms with Crippen LogP contribution in [0.25, 0.3) is 0 Å². The minimum absolute atomic E-state index is 0.0669. The van der Waals surface area contributed by atoms with E-state index in [9.17, 15) is 28.6 Å². The standard InChI is InChI=1S/C14H13N3O7S/c1-9-3-4-11(17(20)21)8-14(9)25(22,23)15-12-7-10(16(18)19)5-6-13(12)24-2/h3-8,15H,1-2H3. The molecule has 0 saturated heterocycles. The van der Waals surface area contributed by atoms with Crippen molar-refractivity contribution in [3.05, 3.63) is 62.2 Å². The summed E-state index contributed by atoms with van der Waals surface area (Å²) in [4.78, 5) is 20.0. The summed E-state index contributed by atoms with van der Waals surface area (Å²) in [5.74, 6) is 0.0669. The van der Waals surface area contributed by atoms with E-state index in [0.717, 1.165) is 18.2 Å². The summed E-state index contributed by atoms with van der Waals surface area (Å²) < 4.78 is 32.3. The van der Waals surface area contributed by atoms with Crippen molar-refractivity contribution in [3.63, 3.8) is 0 Å². The number of nitro benzene ring substituents is 2. The van der Waals surface area contributed by atoms with Gasteiger partial charge in [-0.1, -0.05) is 6.07 Å². The molecular weight excluding hydrogens is 354 g/mol. The van der Waals surface area contributed by atoms with Gasteiger partial charge in [-0.3, -0.25) is 25.0 Å². The molecule has 10 nitrogen and oxygen atoms in total. The molecule has 0 unspecified atom stereocenters. The topological polar surface area (TPSA) is 142 Å². The third-order valence-corrected chi connectivity index (χ3v) is 4.82. The molecule has 0 bridgehead atoms. The van der Waals surface area contributed by atoms with Crippen molar-refractivity contribution in [1.29, 1.82) is 0 Å². The summed E-state index contributed by atoms with van der Waals surface area (Å²) in [6, 6.07) is 6.82. The Morgan fingerprint density at radius 2 is 1.56 bits per heavy atom. The quantitative estimate of drug-likeness (QED) is 0.611. The highest BCUT2D eigenvalue weighted by molar-refractivity contribution is 7.92. The third-order valence-electron chi connectivity index (χ3n) is 3.31. The van der Waals surface area contributed by atoms with E-state index in [2.05, 4.69) is 4.72 Å². The molecule has 0 spiro atoms. The number of non-ortho nitro benzene ring substituents is 2. The first-order chi connectivity index (χ1) is 11.7. The predicted octanol–water partition coefficient (Wildman–Crippen LogP) is 2.62. The lowest BCUT2D eigenvalue weighted by Crippen LogP contribution is -2.15. The zero-order chi connectivity index (χ0) is 18.8. The number of methoxy groups -OCH3 is 1. The molecule has 0 atom stereocenters. The van der Waals surface area contributed by atoms with E-state index in [4.69, 9.17) is 4.74 Å². The first-order valence-electron chi connectivity index (χ1n) is 6.76. The van der Waals surface area contributed by atoms with Crippen LogP contribution in [0, 0.1) is 27.2 Å². The molecule has 2 aromatic carbocycles. The van der Waals surface area contributed by atoms with Crippen LogP contribution in [0.5, 0.6) is 5.75 Å². The first-order valence-corrected chi connectivity index (χ1v) is 8.24. The SMILES string of the molecule is COc1ccc([N+](=O)[O-])cc1NS(=O)(=O)c1cc([N+](=O)[O-])ccc1C. The summed E-state index contributed by atoms with van der Waals surface area (Å²) in [6.07, 6.45) is 0. The minimum Gasteiger partial charge on any atom is -0.495 e. The molecule has 0 aromatic heterocycles. The number of aryl methyl sites for hydroxylation is 1. The van der Waals surface area contributed by atoms with Crippen LogP contribution in [-0.2, 0) is 10.0 Å². The number of nitrogens with zero attached hydrogens (tertiary/aromatic N) is 2. The Hall–Kier alpha value is -3.21. The third kappa shape index (κ3) is 3.83. The van der Waals surface area contributed by atoms with Crippen LogP contribution in [-0.4, -0.2) is 25.4 Å². The van der Waals surface area contributed by atoms with Gasteiger partial charge in [-0.25, -0.2) is 8.42 Å². The van der Waals surface area contributed by atoms with Gasteiger partial charge in [0, 0.05) is 24.3 Å². The summed E-state index contributed by atoms with van der Waals surface area (Å²) in [5, 5.41) is 21.7. The molecule has 0 heterocycles. The van der Waals surface area contributed by atoms with Crippen molar-refractivity contribution < 1.29 is 23.0 Å². The van der Waals surface area contributed by atoms with Gasteiger partial charge in [-0.05, 0) is 18.6 Å². The smallest absolute Gasteiger partial charge is 0.271 e. The van der Waals surface area contributed by atoms with E-state index in [0.29, 0.717) is 0 Å². The van der Waals surface area contributed by atoms with Crippen LogP contribution in [0.1, 0.15) is 5.56 Å². The van der Waals surface area contributed by atoms with Crippen molar-refractivity contribution >= 4 is 27.1 Å². The molecule has 0 radical (unpaired) electrons. The van der Waals surface area contributed by atoms with Gasteiger partial charge in [0.05, 0.1) is 27.5 Å². The first kappa shape index (κ1) is 18.1. The number of nitrogens with one attached hydrogen (secondary N) is 1. The lowest BCUT2D eigenvalue weighted by Gasteiger charge is -2.13. The number of anilines is 1. The van der Waals surface area contributed by atoms with Crippen LogP contribution in [0.2, 0.25) is 0 Å². The van der Waals surface area contributed by atoms with Crippen molar-refractivity contribution in [3.8, 4) is 5.75 Å². The molecule has 0 saturated carbocycles. The molecule has 0 aliphatic carbocycles. The minimum atomic E-state index is -4.23. The highest BCUT2D eigenvalue weighted by atomic mass is 32.2. The monoisotopic (exact) mass is 367 g/mol. The van der Waals surface area contributed by atoms with E-state index in [-0.39, 0.29) is 27.6 Å². The number of benzene rings is 2. The second-order valence-corrected chi connectivity index (χ2v) is 6.60. The van der Waals surface area contributed by atoms with Crippen LogP contribution in [0.4, 0.5) is 17.1 Å². The highest BCUT2D eigenvalue weighted by Gasteiger charge is 2.23. The van der Waals surface area contributed by atoms with Gasteiger partial charge in [0.2, 0.25) is 0 Å². The van der Waals surface area contributed by atoms with Gasteiger partial charge in [0.15, 0.2) is 0 Å². The molecule has 2 aromatic rings. The van der Waals surface area contributed by atoms with E-state index < -0.39 is 25.6 Å². The number of ether oxygens (including phenoxy) is 1. The Morgan fingerprint density at radius 3 is 2.12 bits per heavy atom. The van der Waals surface area contributed by atoms with Crippen LogP contribution >= 0.6 is 0 Å². The fraction of sp³-hybridized carbons (Fsp3) is 0.143. The fourth-order valence-corrected chi connectivity index (χ4v) is 3.41. The molecular formula is C14H13N3O7S. The molecule has 1 N–H and O–H groups in total. The summed E-state index contributed by atoms with van der Waals surface area (Å²) >= 11 is 0. The summed E-state index contributed by atoms with van der Waals surface area (Å²) in [5.41, 5.74) is -0.601. The van der Waals surface area contributed by atoms with Gasteiger partial charge in [-0.15, -0.1) is 0 Å². The fourth-order valence-electron chi connectivity index (χ4n) is 2.08. The summed E-state index contributed by atoms with van der Waals surface area (Å²) in [7, 11) is -2.96. The number of rotatable bonds is 6. The summed E-state index contributed by atoms with van der Waals surface area (Å²) in [6.45, 7) is 1.48. The molecule has 2 rings (SSSR count). The Morgan fingerprint density at radius 1 is 1.00 bits per heavy atom. The van der Waals surface area contributed by atoms with Gasteiger partial charge in [-0.2, -0.15) is 0 Å². The lowest BCUT2D eigenvalue weighted by atomic mass is 10.2. The number of hydrogen-bond acceptors (Lipinski definition) is 7. The zero-order valence-electron chi connectivity index (χ0n) is 13.1. The molecule has 11 heteroatoms. The lowest BCUT2D eigenvalue weighted by molar-refractivity contribution is -0.385. The van der Waals surface area contributed by atoms with Crippen molar-refractivity contribution in [2.45, 2.75) is 11.8 Å². The second-order valence-electron chi connectivity index (χ2n) is 4.95. The molecule has 0 fully saturated rings. The van der Waals surface area contributed by atoms with Gasteiger partial charge < -0.3 is 4.74 Å². The average molecular weight is 367 g/mol. The maximum Gasteiger partial charge on any atom is 0.271 e. The van der Waals surface area contributed by atoms with Gasteiger partial charge in [0.1, 0.15) is 5.75 Å². The van der Waals surface area contributed by atoms with Crippen molar-refractivity contribution in [1.82, 2.24) is 0 Å². The van der Waals surface area contributed by atoms with E-state index in [1.54, 1.807) is 0 Å². The van der Waals surface area contributed by atoms with E-state index in [1.165, 1.54) is 32.2 Å². The van der Waals surface area contributed by atoms with E-state index in [1.807, 2.05) is 0 Å². The number of sulfonamides is 1. The maximum absolute atomic E-state index is 12.6. The van der Waals surface area contributed by atoms with Crippen LogP contribution in [0.3, 0.4) is 0 Å². The zero-order valence-corrected chi connectivity index (χ0v) is 13.9. The molecule has 25 heavy (non-hydrogen) atoms. The van der Waals surface area contributed by atoms with Gasteiger partial charge in [0.25, 0.3) is 21.4 Å². The average Bonchev–Trinajstić information content (AvgIpc) is 2.54. The number of hydrogen-bond donors (Lipinski definition) is 1. The Labute approximate surface area is 142 Å². The normalized spacial score (nSPS) is 11.0. The van der Waals surface area contributed by atoms with Crippen molar-refractivity contribution in [2.75, 3.05) is 11.8 Å².